The molecule has 1 fully saturated rings. The molecule has 0 aliphatic carbocycles. The smallest absolute Gasteiger partial charge is 0.311 e. The van der Waals surface area contributed by atoms with E-state index < -0.39 is 46.1 Å². The molecule has 3 heterocycles. The van der Waals surface area contributed by atoms with Gasteiger partial charge in [-0.05, 0) is 44.6 Å². The molecule has 2 bridgehead atoms. The van der Waals surface area contributed by atoms with Crippen LogP contribution in [0.5, 0.6) is 5.75 Å². The summed E-state index contributed by atoms with van der Waals surface area (Å²) in [5.41, 5.74) is -1.95. The van der Waals surface area contributed by atoms with Crippen molar-refractivity contribution in [2.45, 2.75) is 126 Å². The third-order valence-electron chi connectivity index (χ3n) is 9.57. The Hall–Kier alpha value is -4.09. The van der Waals surface area contributed by atoms with Crippen LogP contribution in [0, 0.1) is 23.5 Å². The predicted molar refractivity (Wildman–Crippen MR) is 198 cm³/mol. The number of carbonyl (C=O) groups is 3. The number of halogens is 2. The van der Waals surface area contributed by atoms with Crippen LogP contribution >= 0.6 is 0 Å². The van der Waals surface area contributed by atoms with Crippen LogP contribution < -0.4 is 15.5 Å². The van der Waals surface area contributed by atoms with E-state index in [9.17, 15) is 28.0 Å². The first-order valence-electron chi connectivity index (χ1n) is 18.1. The van der Waals surface area contributed by atoms with E-state index in [-0.39, 0.29) is 41.7 Å². The first-order valence-corrected chi connectivity index (χ1v) is 18.1. The summed E-state index contributed by atoms with van der Waals surface area (Å²) in [4.78, 5) is 57.7. The minimum Gasteiger partial charge on any atom is -0.485 e. The number of methoxy groups -OCH3 is 1. The number of carbonyl (C=O) groups excluding carboxylic acids is 3. The maximum atomic E-state index is 14.0. The number of pyridine rings is 1. The van der Waals surface area contributed by atoms with Gasteiger partial charge >= 0.3 is 5.97 Å². The van der Waals surface area contributed by atoms with Crippen molar-refractivity contribution in [2.24, 2.45) is 16.8 Å². The van der Waals surface area contributed by atoms with Crippen LogP contribution in [-0.2, 0) is 21.6 Å². The van der Waals surface area contributed by atoms with Crippen molar-refractivity contribution in [1.29, 1.82) is 0 Å². The molecule has 0 radical (unpaired) electrons. The molecule has 1 N–H and O–H groups in total. The molecule has 2 aromatic rings. The number of nitrogens with zero attached hydrogens (tertiary/aromatic N) is 3. The zero-order valence-electron chi connectivity index (χ0n) is 32.7. The molecule has 2 aliphatic rings. The Balaban J connectivity index is 0.000000731. The predicted octanol–water partition coefficient (Wildman–Crippen LogP) is 7.90. The number of amides is 2. The molecule has 286 valence electrons. The van der Waals surface area contributed by atoms with E-state index in [0.29, 0.717) is 12.6 Å². The van der Waals surface area contributed by atoms with Gasteiger partial charge in [-0.25, -0.2) is 8.78 Å². The molecule has 12 heteroatoms. The van der Waals surface area contributed by atoms with E-state index in [1.807, 2.05) is 34.6 Å². The molecule has 1 saturated heterocycles. The average molecular weight is 719 g/mol. The monoisotopic (exact) mass is 718 g/mol. The summed E-state index contributed by atoms with van der Waals surface area (Å²) in [5.74, 6) is -2.33. The lowest BCUT2D eigenvalue weighted by molar-refractivity contribution is -0.134. The second kappa shape index (κ2) is 21.3. The van der Waals surface area contributed by atoms with Crippen molar-refractivity contribution >= 4 is 23.7 Å². The summed E-state index contributed by atoms with van der Waals surface area (Å²) >= 11 is 0. The molecule has 4 unspecified atom stereocenters. The minimum atomic E-state index is -0.905. The number of fused-ring (bicyclic) bond motifs is 4. The number of aromatic nitrogens is 1. The first kappa shape index (κ1) is 44.9. The Labute approximate surface area is 303 Å². The highest BCUT2D eigenvalue weighted by molar-refractivity contribution is 6.00. The highest BCUT2D eigenvalue weighted by atomic mass is 19.1. The van der Waals surface area contributed by atoms with E-state index in [4.69, 9.17) is 4.74 Å². The maximum absolute atomic E-state index is 14.0. The van der Waals surface area contributed by atoms with Gasteiger partial charge in [-0.1, -0.05) is 73.8 Å². The van der Waals surface area contributed by atoms with Gasteiger partial charge in [0.05, 0.1) is 12.6 Å². The van der Waals surface area contributed by atoms with E-state index in [0.717, 1.165) is 30.7 Å². The zero-order valence-corrected chi connectivity index (χ0v) is 32.7. The second-order valence-electron chi connectivity index (χ2n) is 13.0. The fourth-order valence-corrected chi connectivity index (χ4v) is 5.70. The van der Waals surface area contributed by atoms with E-state index in [1.54, 1.807) is 37.5 Å². The van der Waals surface area contributed by atoms with Crippen molar-refractivity contribution < 1.29 is 32.6 Å². The Bertz CT molecular complexity index is 1560. The summed E-state index contributed by atoms with van der Waals surface area (Å²) in [6, 6.07) is 2.88. The third kappa shape index (κ3) is 11.7. The second-order valence-corrected chi connectivity index (χ2v) is 13.0. The highest BCUT2D eigenvalue weighted by Gasteiger charge is 2.48. The fourth-order valence-electron chi connectivity index (χ4n) is 5.70. The number of aliphatic imine (C=N–C) groups is 1. The van der Waals surface area contributed by atoms with Crippen molar-refractivity contribution in [3.63, 3.8) is 0 Å². The lowest BCUT2D eigenvalue weighted by Gasteiger charge is -2.46. The number of benzene rings is 1. The standard InChI is InChI=1S/C26H29F2N3O5.C7H16.C4H9NO.C2H6/c1-5-20(32)36-23-21-25(35)30-13-26(4,14(2)6-7-15(30)3)31(21)12-18(22(23)33)24(34)29-11-16-8-9-17(27)10-19(16)28;1-4-6-7(3)5-2;1-4(5-2)6-3;1-2/h8-10,12,14-15H,5-7,11,13H2,1-4H3,(H,29,34);7H,4-6H2,1-3H3;1-3H3;1-2H3. The SMILES string of the molecule is CC.CCC(=O)Oc1c2n(cc(C(=O)NCc3ccc(F)cc3F)c1=O)C1(C)CN(C2=O)C(C)CCC1C.CCCC(C)CC.CN=C(C)OC. The third-order valence-corrected chi connectivity index (χ3v) is 9.57. The van der Waals surface area contributed by atoms with E-state index >= 15 is 0 Å². The van der Waals surface area contributed by atoms with Gasteiger partial charge < -0.3 is 24.3 Å². The van der Waals surface area contributed by atoms with Gasteiger partial charge in [0.25, 0.3) is 11.8 Å². The van der Waals surface area contributed by atoms with Gasteiger partial charge in [0, 0.05) is 57.4 Å². The molecule has 1 aromatic carbocycles. The number of ether oxygens (including phenoxy) is 2. The maximum Gasteiger partial charge on any atom is 0.311 e. The zero-order chi connectivity index (χ0) is 39.1. The molecule has 10 nitrogen and oxygen atoms in total. The molecule has 4 rings (SSSR count). The van der Waals surface area contributed by atoms with Crippen LogP contribution in [-0.4, -0.2) is 59.9 Å². The molecular formula is C39H60F2N4O6. The van der Waals surface area contributed by atoms with Crippen LogP contribution in [0.15, 0.2) is 34.2 Å². The fraction of sp³-hybridized carbons (Fsp3) is 0.615. The quantitative estimate of drug-likeness (QED) is 0.168. The molecular weight excluding hydrogens is 658 g/mol. The number of hydrogen-bond acceptors (Lipinski definition) is 7. The van der Waals surface area contributed by atoms with Crippen LogP contribution in [0.4, 0.5) is 8.78 Å². The van der Waals surface area contributed by atoms with Crippen molar-refractivity contribution in [3.8, 4) is 5.75 Å². The number of nitrogens with one attached hydrogen (secondary N) is 1. The van der Waals surface area contributed by atoms with Gasteiger partial charge in [0.2, 0.25) is 11.2 Å². The van der Waals surface area contributed by atoms with Crippen molar-refractivity contribution in [1.82, 2.24) is 14.8 Å². The normalized spacial score (nSPS) is 19.7. The molecule has 2 amide bonds. The number of hydrogen-bond donors (Lipinski definition) is 1. The largest absolute Gasteiger partial charge is 0.485 e. The van der Waals surface area contributed by atoms with Crippen LogP contribution in [0.25, 0.3) is 0 Å². The molecule has 0 saturated carbocycles. The van der Waals surface area contributed by atoms with E-state index in [1.165, 1.54) is 31.5 Å². The Kier molecular flexibility index (Phi) is 18.8. The van der Waals surface area contributed by atoms with Crippen LogP contribution in [0.1, 0.15) is 134 Å². The number of rotatable bonds is 8. The van der Waals surface area contributed by atoms with Gasteiger partial charge in [0.1, 0.15) is 17.2 Å². The van der Waals surface area contributed by atoms with Gasteiger partial charge in [-0.3, -0.25) is 24.2 Å². The van der Waals surface area contributed by atoms with Gasteiger partial charge in [-0.15, -0.1) is 0 Å². The highest BCUT2D eigenvalue weighted by Crippen LogP contribution is 2.41. The molecule has 1 aromatic heterocycles. The summed E-state index contributed by atoms with van der Waals surface area (Å²) < 4.78 is 38.9. The molecule has 51 heavy (non-hydrogen) atoms. The van der Waals surface area contributed by atoms with Crippen molar-refractivity contribution in [2.75, 3.05) is 20.7 Å². The average Bonchev–Trinajstić information content (AvgIpc) is 3.22. The van der Waals surface area contributed by atoms with Gasteiger partial charge in [-0.2, -0.15) is 0 Å². The molecule has 0 spiro atoms. The summed E-state index contributed by atoms with van der Waals surface area (Å²) in [6.45, 7) is 20.2. The molecule has 4 atom stereocenters. The summed E-state index contributed by atoms with van der Waals surface area (Å²) in [5, 5.41) is 2.48. The van der Waals surface area contributed by atoms with Crippen molar-refractivity contribution in [3.05, 3.63) is 63.1 Å². The van der Waals surface area contributed by atoms with Crippen LogP contribution in [0.2, 0.25) is 0 Å². The lowest BCUT2D eigenvalue weighted by Crippen LogP contribution is -2.56. The first-order chi connectivity index (χ1) is 24.1. The minimum absolute atomic E-state index is 0.0320. The lowest BCUT2D eigenvalue weighted by atomic mass is 9.82. The summed E-state index contributed by atoms with van der Waals surface area (Å²) in [6.07, 6.45) is 6.95. The summed E-state index contributed by atoms with van der Waals surface area (Å²) in [7, 11) is 3.29. The molecule has 2 aliphatic heterocycles. The topological polar surface area (TPSA) is 119 Å². The Morgan fingerprint density at radius 1 is 1.12 bits per heavy atom. The number of esters is 1. The Morgan fingerprint density at radius 2 is 1.76 bits per heavy atom. The Morgan fingerprint density at radius 3 is 2.25 bits per heavy atom. The van der Waals surface area contributed by atoms with Gasteiger partial charge in [0.15, 0.2) is 11.6 Å². The van der Waals surface area contributed by atoms with E-state index in [2.05, 4.69) is 35.8 Å². The van der Waals surface area contributed by atoms with Crippen LogP contribution in [0.3, 0.4) is 0 Å².